The van der Waals surface area contributed by atoms with Crippen LogP contribution >= 0.6 is 0 Å². The van der Waals surface area contributed by atoms with Gasteiger partial charge >= 0.3 is 0 Å². The largest absolute Gasteiger partial charge is 0.392 e. The van der Waals surface area contributed by atoms with E-state index in [2.05, 4.69) is 19.9 Å². The number of ketones is 1. The molecule has 78 valence electrons. The third-order valence-electron chi connectivity index (χ3n) is 4.18. The third kappa shape index (κ3) is 1.33. The van der Waals surface area contributed by atoms with E-state index in [-0.39, 0.29) is 12.0 Å². The lowest BCUT2D eigenvalue weighted by Crippen LogP contribution is -2.37. The molecule has 1 saturated carbocycles. The van der Waals surface area contributed by atoms with E-state index in [4.69, 9.17) is 5.11 Å². The Morgan fingerprint density at radius 2 is 2.21 bits per heavy atom. The van der Waals surface area contributed by atoms with Gasteiger partial charge in [-0.05, 0) is 29.2 Å². The fraction of sp³-hybridized carbons (Fsp3) is 0.750. The topological polar surface area (TPSA) is 37.3 Å². The van der Waals surface area contributed by atoms with E-state index >= 15 is 0 Å². The first-order valence-electron chi connectivity index (χ1n) is 5.39. The van der Waals surface area contributed by atoms with E-state index in [1.54, 1.807) is 0 Å². The Kier molecular flexibility index (Phi) is 2.26. The third-order valence-corrected chi connectivity index (χ3v) is 4.18. The maximum Gasteiger partial charge on any atom is 0.133 e. The molecular formula is C12H18O2. The Morgan fingerprint density at radius 3 is 2.86 bits per heavy atom. The summed E-state index contributed by atoms with van der Waals surface area (Å²) >= 11 is 0. The zero-order chi connectivity index (χ0) is 10.3. The molecule has 0 amide bonds. The lowest BCUT2D eigenvalue weighted by molar-refractivity contribution is -0.125. The van der Waals surface area contributed by atoms with E-state index in [9.17, 15) is 4.79 Å². The molecule has 0 saturated heterocycles. The zero-order valence-electron chi connectivity index (χ0n) is 8.92. The molecule has 0 radical (unpaired) electrons. The fourth-order valence-corrected chi connectivity index (χ4v) is 3.02. The normalized spacial score (nSPS) is 42.2. The van der Waals surface area contributed by atoms with Gasteiger partial charge in [-0.25, -0.2) is 0 Å². The van der Waals surface area contributed by atoms with Crippen LogP contribution in [0.15, 0.2) is 11.6 Å². The first-order valence-corrected chi connectivity index (χ1v) is 5.39. The SMILES string of the molecule is C[C@@H]1CC(=O)C[C@H]2CC(CO)=C[C@]21C. The van der Waals surface area contributed by atoms with E-state index < -0.39 is 0 Å². The molecule has 3 atom stereocenters. The molecule has 2 rings (SSSR count). The van der Waals surface area contributed by atoms with Crippen molar-refractivity contribution in [2.45, 2.75) is 33.1 Å². The van der Waals surface area contributed by atoms with Crippen LogP contribution in [0.4, 0.5) is 0 Å². The summed E-state index contributed by atoms with van der Waals surface area (Å²) in [6, 6.07) is 0. The molecule has 0 unspecified atom stereocenters. The number of hydrogen-bond acceptors (Lipinski definition) is 2. The van der Waals surface area contributed by atoms with Crippen molar-refractivity contribution in [2.75, 3.05) is 6.61 Å². The molecule has 0 spiro atoms. The van der Waals surface area contributed by atoms with Gasteiger partial charge in [-0.3, -0.25) is 4.79 Å². The second-order valence-corrected chi connectivity index (χ2v) is 5.08. The van der Waals surface area contributed by atoms with Gasteiger partial charge in [0.25, 0.3) is 0 Å². The zero-order valence-corrected chi connectivity index (χ0v) is 8.92. The van der Waals surface area contributed by atoms with Gasteiger partial charge in [0.2, 0.25) is 0 Å². The smallest absolute Gasteiger partial charge is 0.133 e. The first-order chi connectivity index (χ1) is 6.56. The fourth-order valence-electron chi connectivity index (χ4n) is 3.02. The Morgan fingerprint density at radius 1 is 1.50 bits per heavy atom. The van der Waals surface area contributed by atoms with E-state index in [0.29, 0.717) is 30.5 Å². The van der Waals surface area contributed by atoms with Gasteiger partial charge in [0.15, 0.2) is 0 Å². The van der Waals surface area contributed by atoms with Gasteiger partial charge in [-0.15, -0.1) is 0 Å². The molecule has 2 heteroatoms. The molecule has 0 heterocycles. The lowest BCUT2D eigenvalue weighted by Gasteiger charge is -2.40. The summed E-state index contributed by atoms with van der Waals surface area (Å²) in [6.45, 7) is 4.55. The molecule has 0 aromatic heterocycles. The maximum atomic E-state index is 11.5. The van der Waals surface area contributed by atoms with Crippen molar-refractivity contribution in [3.8, 4) is 0 Å². The number of carbonyl (C=O) groups is 1. The van der Waals surface area contributed by atoms with Crippen molar-refractivity contribution in [1.82, 2.24) is 0 Å². The predicted molar refractivity (Wildman–Crippen MR) is 54.8 cm³/mol. The van der Waals surface area contributed by atoms with Gasteiger partial charge in [0.1, 0.15) is 5.78 Å². The first kappa shape index (κ1) is 9.91. The van der Waals surface area contributed by atoms with E-state index in [0.717, 1.165) is 12.0 Å². The molecule has 2 aliphatic carbocycles. The van der Waals surface area contributed by atoms with Crippen molar-refractivity contribution in [1.29, 1.82) is 0 Å². The Hall–Kier alpha value is -0.630. The van der Waals surface area contributed by atoms with Gasteiger partial charge in [0, 0.05) is 12.8 Å². The monoisotopic (exact) mass is 194 g/mol. The molecule has 0 bridgehead atoms. The van der Waals surface area contributed by atoms with Crippen LogP contribution in [-0.4, -0.2) is 17.5 Å². The van der Waals surface area contributed by atoms with Crippen LogP contribution in [0.5, 0.6) is 0 Å². The van der Waals surface area contributed by atoms with Gasteiger partial charge in [-0.1, -0.05) is 19.9 Å². The van der Waals surface area contributed by atoms with Crippen molar-refractivity contribution in [2.24, 2.45) is 17.3 Å². The van der Waals surface area contributed by atoms with Crippen LogP contribution < -0.4 is 0 Å². The van der Waals surface area contributed by atoms with E-state index in [1.807, 2.05) is 0 Å². The average molecular weight is 194 g/mol. The highest BCUT2D eigenvalue weighted by atomic mass is 16.3. The predicted octanol–water partition coefficient (Wildman–Crippen LogP) is 1.93. The van der Waals surface area contributed by atoms with Gasteiger partial charge < -0.3 is 5.11 Å². The molecule has 2 nitrogen and oxygen atoms in total. The quantitative estimate of drug-likeness (QED) is 0.648. The molecule has 1 fully saturated rings. The summed E-state index contributed by atoms with van der Waals surface area (Å²) in [7, 11) is 0. The number of aliphatic hydroxyl groups is 1. The molecule has 0 aliphatic heterocycles. The van der Waals surface area contributed by atoms with Crippen molar-refractivity contribution in [3.05, 3.63) is 11.6 Å². The van der Waals surface area contributed by atoms with Crippen LogP contribution in [0.1, 0.15) is 33.1 Å². The van der Waals surface area contributed by atoms with Gasteiger partial charge in [-0.2, -0.15) is 0 Å². The minimum Gasteiger partial charge on any atom is -0.392 e. The summed E-state index contributed by atoms with van der Waals surface area (Å²) in [5, 5.41) is 9.13. The van der Waals surface area contributed by atoms with Crippen molar-refractivity contribution < 1.29 is 9.90 Å². The van der Waals surface area contributed by atoms with Crippen LogP contribution in [0, 0.1) is 17.3 Å². The molecular weight excluding hydrogens is 176 g/mol. The van der Waals surface area contributed by atoms with Crippen LogP contribution in [0.2, 0.25) is 0 Å². The van der Waals surface area contributed by atoms with Crippen LogP contribution in [0.3, 0.4) is 0 Å². The highest BCUT2D eigenvalue weighted by Gasteiger charge is 2.46. The minimum atomic E-state index is 0.159. The van der Waals surface area contributed by atoms with Crippen LogP contribution in [-0.2, 0) is 4.79 Å². The second kappa shape index (κ2) is 3.20. The highest BCUT2D eigenvalue weighted by Crippen LogP contribution is 2.52. The van der Waals surface area contributed by atoms with Crippen molar-refractivity contribution >= 4 is 5.78 Å². The second-order valence-electron chi connectivity index (χ2n) is 5.08. The van der Waals surface area contributed by atoms with Crippen LogP contribution in [0.25, 0.3) is 0 Å². The summed E-state index contributed by atoms with van der Waals surface area (Å²) in [4.78, 5) is 11.5. The summed E-state index contributed by atoms with van der Waals surface area (Å²) < 4.78 is 0. The summed E-state index contributed by atoms with van der Waals surface area (Å²) in [5.41, 5.74) is 1.28. The number of fused-ring (bicyclic) bond motifs is 1. The number of allylic oxidation sites excluding steroid dienone is 1. The highest BCUT2D eigenvalue weighted by molar-refractivity contribution is 5.80. The summed E-state index contributed by atoms with van der Waals surface area (Å²) in [6.07, 6.45) is 4.56. The maximum absolute atomic E-state index is 11.5. The average Bonchev–Trinajstić information content (AvgIpc) is 2.44. The van der Waals surface area contributed by atoms with E-state index in [1.165, 1.54) is 0 Å². The Labute approximate surface area is 85.0 Å². The molecule has 14 heavy (non-hydrogen) atoms. The molecule has 0 aromatic carbocycles. The van der Waals surface area contributed by atoms with Gasteiger partial charge in [0.05, 0.1) is 6.61 Å². The standard InChI is InChI=1S/C12H18O2/c1-8-3-11(14)5-10-4-9(7-13)6-12(8,10)2/h6,8,10,13H,3-5,7H2,1-2H3/t8-,10-,12+/m1/s1. The molecule has 1 N–H and O–H groups in total. The molecule has 0 aromatic rings. The summed E-state index contributed by atoms with van der Waals surface area (Å²) in [5.74, 6) is 1.27. The number of Topliss-reactive ketones (excluding diaryl/α,β-unsaturated/α-hetero) is 1. The minimum absolute atomic E-state index is 0.159. The Bertz CT molecular complexity index is 293. The lowest BCUT2D eigenvalue weighted by atomic mass is 9.63. The van der Waals surface area contributed by atoms with Crippen molar-refractivity contribution in [3.63, 3.8) is 0 Å². The number of rotatable bonds is 1. The Balaban J connectivity index is 2.27. The number of hydrogen-bond donors (Lipinski definition) is 1. The number of aliphatic hydroxyl groups excluding tert-OH is 1. The molecule has 2 aliphatic rings. The number of carbonyl (C=O) groups excluding carboxylic acids is 1.